The minimum absolute atomic E-state index is 0.220. The predicted molar refractivity (Wildman–Crippen MR) is 143 cm³/mol. The van der Waals surface area contributed by atoms with Crippen molar-refractivity contribution in [3.05, 3.63) is 63.9 Å². The maximum absolute atomic E-state index is 12.7. The fourth-order valence-corrected chi connectivity index (χ4v) is 4.92. The topological polar surface area (TPSA) is 129 Å². The van der Waals surface area contributed by atoms with Crippen molar-refractivity contribution < 1.29 is 24.3 Å². The lowest BCUT2D eigenvalue weighted by atomic mass is 9.95. The second-order valence-corrected chi connectivity index (χ2v) is 9.87. The summed E-state index contributed by atoms with van der Waals surface area (Å²) in [6.45, 7) is 0.421. The van der Waals surface area contributed by atoms with Crippen molar-refractivity contribution in [2.75, 3.05) is 25.9 Å². The fraction of sp³-hybridized carbons (Fsp3) is 0.320. The molecule has 1 fully saturated rings. The number of piperidine rings is 1. The third-order valence-electron chi connectivity index (χ3n) is 5.90. The highest BCUT2D eigenvalue weighted by Crippen LogP contribution is 2.35. The molecule has 3 amide bonds. The van der Waals surface area contributed by atoms with E-state index in [0.29, 0.717) is 47.1 Å². The molecule has 0 bridgehead atoms. The first-order chi connectivity index (χ1) is 17.7. The number of rotatable bonds is 9. The first-order valence-electron chi connectivity index (χ1n) is 11.4. The van der Waals surface area contributed by atoms with Gasteiger partial charge in [-0.15, -0.1) is 11.8 Å². The van der Waals surface area contributed by atoms with E-state index < -0.39 is 29.7 Å². The van der Waals surface area contributed by atoms with E-state index in [0.717, 1.165) is 4.90 Å². The maximum atomic E-state index is 12.7. The first-order valence-corrected chi connectivity index (χ1v) is 13.4. The summed E-state index contributed by atoms with van der Waals surface area (Å²) in [5.74, 6) is -2.82. The second kappa shape index (κ2) is 13.5. The molecule has 1 atom stereocenters. The van der Waals surface area contributed by atoms with Crippen molar-refractivity contribution in [1.29, 1.82) is 0 Å². The molecule has 2 aromatic rings. The standard InChI is InChI=1S/C25H26Cl2N4O5S/c1-37-19-4-2-15(21(26)22(19)27)3-5-20(32)31-12-8-17(9-13-31)24(34)30-18(25(35)36)14-29-23(33)16-6-10-28-11-7-16/h2-7,10-11,17-18H,8-9,12-14H2,1H3,(H,29,33)(H,30,34)(H,35,36)/b5-3+/t18-/m0/s1. The van der Waals surface area contributed by atoms with Crippen LogP contribution in [-0.2, 0) is 14.4 Å². The van der Waals surface area contributed by atoms with Crippen LogP contribution < -0.4 is 10.6 Å². The Bertz CT molecular complexity index is 1190. The molecule has 0 aliphatic carbocycles. The Labute approximate surface area is 228 Å². The van der Waals surface area contributed by atoms with E-state index in [1.807, 2.05) is 12.3 Å². The van der Waals surface area contributed by atoms with Crippen LogP contribution >= 0.6 is 35.0 Å². The number of aliphatic carboxylic acids is 1. The zero-order valence-electron chi connectivity index (χ0n) is 19.9. The molecular weight excluding hydrogens is 539 g/mol. The molecule has 1 aromatic carbocycles. The number of thioether (sulfide) groups is 1. The zero-order valence-corrected chi connectivity index (χ0v) is 22.3. The van der Waals surface area contributed by atoms with Crippen molar-refractivity contribution in [2.45, 2.75) is 23.8 Å². The van der Waals surface area contributed by atoms with Crippen LogP contribution in [0.2, 0.25) is 10.0 Å². The molecular formula is C25H26Cl2N4O5S. The van der Waals surface area contributed by atoms with Crippen LogP contribution in [-0.4, -0.2) is 70.6 Å². The Kier molecular flexibility index (Phi) is 10.4. The number of hydrogen-bond acceptors (Lipinski definition) is 6. The average molecular weight is 565 g/mol. The van der Waals surface area contributed by atoms with Gasteiger partial charge in [0.2, 0.25) is 11.8 Å². The van der Waals surface area contributed by atoms with Crippen molar-refractivity contribution in [2.24, 2.45) is 5.92 Å². The van der Waals surface area contributed by atoms with Gasteiger partial charge in [0.1, 0.15) is 6.04 Å². The molecule has 1 aliphatic rings. The van der Waals surface area contributed by atoms with E-state index in [1.54, 1.807) is 17.0 Å². The van der Waals surface area contributed by atoms with Gasteiger partial charge in [0.25, 0.3) is 5.91 Å². The molecule has 196 valence electrons. The lowest BCUT2D eigenvalue weighted by Gasteiger charge is -2.31. The summed E-state index contributed by atoms with van der Waals surface area (Å²) in [6, 6.07) is 5.34. The van der Waals surface area contributed by atoms with Gasteiger partial charge in [0, 0.05) is 54.5 Å². The highest BCUT2D eigenvalue weighted by Gasteiger charge is 2.30. The molecule has 1 saturated heterocycles. The van der Waals surface area contributed by atoms with Gasteiger partial charge in [-0.3, -0.25) is 19.4 Å². The van der Waals surface area contributed by atoms with Crippen LogP contribution in [0, 0.1) is 5.92 Å². The molecule has 0 radical (unpaired) electrons. The Balaban J connectivity index is 1.50. The number of amides is 3. The SMILES string of the molecule is CSc1ccc(/C=C/C(=O)N2CCC(C(=O)N[C@@H](CNC(=O)c3ccncc3)C(=O)O)CC2)c(Cl)c1Cl. The van der Waals surface area contributed by atoms with Crippen LogP contribution in [0.15, 0.2) is 47.6 Å². The highest BCUT2D eigenvalue weighted by atomic mass is 35.5. The fourth-order valence-electron chi connectivity index (χ4n) is 3.75. The van der Waals surface area contributed by atoms with Gasteiger partial charge in [0.05, 0.1) is 10.0 Å². The molecule has 37 heavy (non-hydrogen) atoms. The predicted octanol–water partition coefficient (Wildman–Crippen LogP) is 3.36. The third-order valence-corrected chi connectivity index (χ3v) is 7.69. The van der Waals surface area contributed by atoms with Crippen LogP contribution in [0.4, 0.5) is 0 Å². The molecule has 3 N–H and O–H groups in total. The number of nitrogens with one attached hydrogen (secondary N) is 2. The number of pyridine rings is 1. The molecule has 1 aliphatic heterocycles. The Hall–Kier alpha value is -3.08. The van der Waals surface area contributed by atoms with Crippen molar-refractivity contribution in [1.82, 2.24) is 20.5 Å². The van der Waals surface area contributed by atoms with Crippen molar-refractivity contribution in [3.8, 4) is 0 Å². The van der Waals surface area contributed by atoms with Gasteiger partial charge in [0.15, 0.2) is 0 Å². The molecule has 0 spiro atoms. The molecule has 1 aromatic heterocycles. The Morgan fingerprint density at radius 2 is 1.81 bits per heavy atom. The number of hydrogen-bond donors (Lipinski definition) is 3. The molecule has 9 nitrogen and oxygen atoms in total. The number of likely N-dealkylation sites (tertiary alicyclic amines) is 1. The van der Waals surface area contributed by atoms with Gasteiger partial charge in [-0.2, -0.15) is 0 Å². The van der Waals surface area contributed by atoms with Gasteiger partial charge in [-0.25, -0.2) is 4.79 Å². The summed E-state index contributed by atoms with van der Waals surface area (Å²) < 4.78 is 0. The summed E-state index contributed by atoms with van der Waals surface area (Å²) in [5, 5.41) is 15.3. The normalized spacial score (nSPS) is 14.8. The lowest BCUT2D eigenvalue weighted by Crippen LogP contribution is -2.51. The number of carboxylic acid groups (broad SMARTS) is 1. The molecule has 2 heterocycles. The maximum Gasteiger partial charge on any atom is 0.328 e. The van der Waals surface area contributed by atoms with Gasteiger partial charge in [-0.1, -0.05) is 29.3 Å². The number of benzene rings is 1. The number of aromatic nitrogens is 1. The highest BCUT2D eigenvalue weighted by molar-refractivity contribution is 7.98. The largest absolute Gasteiger partial charge is 0.480 e. The van der Waals surface area contributed by atoms with Gasteiger partial charge in [-0.05, 0) is 48.9 Å². The van der Waals surface area contributed by atoms with E-state index >= 15 is 0 Å². The minimum Gasteiger partial charge on any atom is -0.480 e. The number of carbonyl (C=O) groups excluding carboxylic acids is 3. The Morgan fingerprint density at radius 3 is 2.43 bits per heavy atom. The quantitative estimate of drug-likeness (QED) is 0.314. The second-order valence-electron chi connectivity index (χ2n) is 8.26. The monoisotopic (exact) mass is 564 g/mol. The summed E-state index contributed by atoms with van der Waals surface area (Å²) >= 11 is 14.0. The molecule has 3 rings (SSSR count). The average Bonchev–Trinajstić information content (AvgIpc) is 2.91. The number of halogens is 2. The number of carbonyl (C=O) groups is 4. The van der Waals surface area contributed by atoms with Crippen LogP contribution in [0.3, 0.4) is 0 Å². The summed E-state index contributed by atoms with van der Waals surface area (Å²) in [7, 11) is 0. The van der Waals surface area contributed by atoms with E-state index in [-0.39, 0.29) is 12.5 Å². The van der Waals surface area contributed by atoms with Crippen LogP contribution in [0.25, 0.3) is 6.08 Å². The first kappa shape index (κ1) is 28.5. The van der Waals surface area contributed by atoms with Crippen LogP contribution in [0.5, 0.6) is 0 Å². The molecule has 0 saturated carbocycles. The summed E-state index contributed by atoms with van der Waals surface area (Å²) in [4.78, 5) is 55.4. The van der Waals surface area contributed by atoms with Gasteiger partial charge >= 0.3 is 5.97 Å². The van der Waals surface area contributed by atoms with E-state index in [9.17, 15) is 24.3 Å². The summed E-state index contributed by atoms with van der Waals surface area (Å²) in [5.41, 5.74) is 0.960. The van der Waals surface area contributed by atoms with Gasteiger partial charge < -0.3 is 20.6 Å². The van der Waals surface area contributed by atoms with Crippen LogP contribution in [0.1, 0.15) is 28.8 Å². The Morgan fingerprint density at radius 1 is 1.14 bits per heavy atom. The van der Waals surface area contributed by atoms with E-state index in [4.69, 9.17) is 23.2 Å². The zero-order chi connectivity index (χ0) is 26.9. The lowest BCUT2D eigenvalue weighted by molar-refractivity contribution is -0.142. The van der Waals surface area contributed by atoms with E-state index in [1.165, 1.54) is 42.4 Å². The minimum atomic E-state index is -1.28. The number of carboxylic acids is 1. The third kappa shape index (κ3) is 7.70. The van der Waals surface area contributed by atoms with Crippen molar-refractivity contribution in [3.63, 3.8) is 0 Å². The molecule has 0 unspecified atom stereocenters. The summed E-state index contributed by atoms with van der Waals surface area (Å²) in [6.07, 6.45) is 8.59. The number of nitrogens with zero attached hydrogens (tertiary/aromatic N) is 2. The van der Waals surface area contributed by atoms with E-state index in [2.05, 4.69) is 15.6 Å². The smallest absolute Gasteiger partial charge is 0.328 e. The van der Waals surface area contributed by atoms with Crippen molar-refractivity contribution >= 4 is 64.7 Å². The molecule has 12 heteroatoms.